The molecule has 2 N–H and O–H groups in total. The van der Waals surface area contributed by atoms with Crippen LogP contribution in [0.4, 0.5) is 0 Å². The Balaban J connectivity index is 0.00000144. The smallest absolute Gasteiger partial charge is 0.194 e. The molecular weight excluding hydrogens is 316 g/mol. The lowest BCUT2D eigenvalue weighted by Gasteiger charge is -2.42. The van der Waals surface area contributed by atoms with Crippen LogP contribution in [0.3, 0.4) is 0 Å². The minimum atomic E-state index is 0. The fraction of sp³-hybridized carbons (Fsp3) is 0.688. The molecule has 22 heavy (non-hydrogen) atoms. The number of fused-ring (bicyclic) bond motifs is 1. The molecule has 0 spiro atoms. The van der Waals surface area contributed by atoms with Crippen molar-refractivity contribution in [2.24, 2.45) is 11.1 Å². The fourth-order valence-electron chi connectivity index (χ4n) is 3.52. The average Bonchev–Trinajstić information content (AvgIpc) is 3.07. The van der Waals surface area contributed by atoms with Crippen LogP contribution in [-0.4, -0.2) is 33.4 Å². The zero-order chi connectivity index (χ0) is 14.6. The first-order valence-corrected chi connectivity index (χ1v) is 8.85. The van der Waals surface area contributed by atoms with Crippen LogP contribution in [-0.2, 0) is 6.54 Å². The minimum Gasteiger partial charge on any atom is -0.327 e. The minimum absolute atomic E-state index is 0. The molecule has 2 aromatic heterocycles. The van der Waals surface area contributed by atoms with E-state index in [1.807, 2.05) is 0 Å². The second-order valence-electron chi connectivity index (χ2n) is 7.37. The number of halogens is 1. The molecular formula is C16H25ClN4S. The predicted octanol–water partition coefficient (Wildman–Crippen LogP) is 3.25. The van der Waals surface area contributed by atoms with Crippen LogP contribution < -0.4 is 5.73 Å². The average molecular weight is 341 g/mol. The Morgan fingerprint density at radius 3 is 2.82 bits per heavy atom. The van der Waals surface area contributed by atoms with Crippen LogP contribution >= 0.6 is 23.7 Å². The molecule has 3 heterocycles. The van der Waals surface area contributed by atoms with Crippen molar-refractivity contribution in [3.63, 3.8) is 0 Å². The summed E-state index contributed by atoms with van der Waals surface area (Å²) in [5.41, 5.74) is 9.25. The van der Waals surface area contributed by atoms with Crippen molar-refractivity contribution in [3.05, 3.63) is 23.0 Å². The van der Waals surface area contributed by atoms with Crippen molar-refractivity contribution in [3.8, 4) is 0 Å². The van der Waals surface area contributed by atoms with Gasteiger partial charge in [-0.2, -0.15) is 0 Å². The van der Waals surface area contributed by atoms with E-state index >= 15 is 0 Å². The molecule has 4 nitrogen and oxygen atoms in total. The number of nitrogens with two attached hydrogens (primary N) is 1. The van der Waals surface area contributed by atoms with Crippen LogP contribution in [0.1, 0.15) is 50.4 Å². The molecule has 1 saturated carbocycles. The number of imidazole rings is 1. The van der Waals surface area contributed by atoms with Gasteiger partial charge in [0.2, 0.25) is 0 Å². The molecule has 0 bridgehead atoms. The van der Waals surface area contributed by atoms with Crippen molar-refractivity contribution in [1.29, 1.82) is 0 Å². The zero-order valence-corrected chi connectivity index (χ0v) is 14.9. The summed E-state index contributed by atoms with van der Waals surface area (Å²) in [4.78, 5) is 8.60. The van der Waals surface area contributed by atoms with E-state index in [0.29, 0.717) is 12.0 Å². The van der Waals surface area contributed by atoms with Crippen LogP contribution in [0.25, 0.3) is 4.96 Å². The fourth-order valence-corrected chi connectivity index (χ4v) is 4.26. The summed E-state index contributed by atoms with van der Waals surface area (Å²) < 4.78 is 2.31. The first kappa shape index (κ1) is 16.2. The lowest BCUT2D eigenvalue weighted by molar-refractivity contribution is 0.0885. The highest BCUT2D eigenvalue weighted by Gasteiger charge is 2.35. The van der Waals surface area contributed by atoms with Gasteiger partial charge < -0.3 is 5.73 Å². The first-order chi connectivity index (χ1) is 10.0. The van der Waals surface area contributed by atoms with Crippen molar-refractivity contribution in [2.45, 2.75) is 51.6 Å². The van der Waals surface area contributed by atoms with Crippen molar-refractivity contribution in [1.82, 2.24) is 14.3 Å². The van der Waals surface area contributed by atoms with E-state index in [0.717, 1.165) is 31.0 Å². The quantitative estimate of drug-likeness (QED) is 0.932. The van der Waals surface area contributed by atoms with Gasteiger partial charge in [0.25, 0.3) is 0 Å². The van der Waals surface area contributed by atoms with E-state index in [1.54, 1.807) is 11.3 Å². The summed E-state index contributed by atoms with van der Waals surface area (Å²) >= 11 is 1.74. The molecule has 122 valence electrons. The molecule has 1 atom stereocenters. The highest BCUT2D eigenvalue weighted by atomic mass is 35.5. The number of hydrogen-bond donors (Lipinski definition) is 1. The van der Waals surface area contributed by atoms with Gasteiger partial charge in [0.05, 0.1) is 11.4 Å². The third-order valence-corrected chi connectivity index (χ3v) is 5.88. The zero-order valence-electron chi connectivity index (χ0n) is 13.3. The van der Waals surface area contributed by atoms with Gasteiger partial charge in [-0.05, 0) is 24.7 Å². The molecule has 2 fully saturated rings. The van der Waals surface area contributed by atoms with Gasteiger partial charge in [0.15, 0.2) is 4.96 Å². The molecule has 2 aliphatic rings. The molecule has 1 aliphatic carbocycles. The molecule has 1 unspecified atom stereocenters. The van der Waals surface area contributed by atoms with Gasteiger partial charge in [0.1, 0.15) is 0 Å². The number of nitrogens with zero attached hydrogens (tertiary/aromatic N) is 3. The van der Waals surface area contributed by atoms with Crippen LogP contribution in [0.5, 0.6) is 0 Å². The SMILES string of the molecule is CC1(C)CN(Cc2c(C3CC3)nc3sccn23)CCC1N.Cl. The summed E-state index contributed by atoms with van der Waals surface area (Å²) in [6, 6.07) is 0.322. The predicted molar refractivity (Wildman–Crippen MR) is 93.9 cm³/mol. The Hall–Kier alpha value is -0.620. The third-order valence-electron chi connectivity index (χ3n) is 5.12. The number of aromatic nitrogens is 2. The van der Waals surface area contributed by atoms with E-state index in [9.17, 15) is 0 Å². The summed E-state index contributed by atoms with van der Waals surface area (Å²) in [5.74, 6) is 0.715. The van der Waals surface area contributed by atoms with Gasteiger partial charge in [-0.15, -0.1) is 23.7 Å². The highest BCUT2D eigenvalue weighted by Crippen LogP contribution is 2.42. The second kappa shape index (κ2) is 5.78. The highest BCUT2D eigenvalue weighted by molar-refractivity contribution is 7.15. The van der Waals surface area contributed by atoms with E-state index in [1.165, 1.54) is 24.2 Å². The van der Waals surface area contributed by atoms with Gasteiger partial charge in [-0.1, -0.05) is 13.8 Å². The van der Waals surface area contributed by atoms with Crippen LogP contribution in [0, 0.1) is 5.41 Å². The summed E-state index contributed by atoms with van der Waals surface area (Å²) in [6.45, 7) is 7.78. The first-order valence-electron chi connectivity index (χ1n) is 7.97. The Kier molecular flexibility index (Phi) is 4.27. The number of rotatable bonds is 3. The molecule has 1 aliphatic heterocycles. The maximum Gasteiger partial charge on any atom is 0.194 e. The largest absolute Gasteiger partial charge is 0.327 e. The van der Waals surface area contributed by atoms with E-state index in [4.69, 9.17) is 10.7 Å². The Morgan fingerprint density at radius 1 is 1.36 bits per heavy atom. The lowest BCUT2D eigenvalue weighted by Crippen LogP contribution is -2.52. The number of piperidine rings is 1. The summed E-state index contributed by atoms with van der Waals surface area (Å²) in [7, 11) is 0. The number of thiazole rings is 1. The second-order valence-corrected chi connectivity index (χ2v) is 8.24. The van der Waals surface area contributed by atoms with Crippen molar-refractivity contribution in [2.75, 3.05) is 13.1 Å². The van der Waals surface area contributed by atoms with E-state index < -0.39 is 0 Å². The molecule has 0 radical (unpaired) electrons. The molecule has 6 heteroatoms. The topological polar surface area (TPSA) is 46.6 Å². The van der Waals surface area contributed by atoms with Crippen LogP contribution in [0.2, 0.25) is 0 Å². The van der Waals surface area contributed by atoms with Gasteiger partial charge in [-0.25, -0.2) is 4.98 Å². The Bertz CT molecular complexity index is 658. The van der Waals surface area contributed by atoms with Gasteiger partial charge in [-0.3, -0.25) is 9.30 Å². The third kappa shape index (κ3) is 2.80. The van der Waals surface area contributed by atoms with E-state index in [2.05, 4.69) is 34.7 Å². The lowest BCUT2D eigenvalue weighted by atomic mass is 9.79. The monoisotopic (exact) mass is 340 g/mol. The van der Waals surface area contributed by atoms with E-state index in [-0.39, 0.29) is 17.8 Å². The number of hydrogen-bond acceptors (Lipinski definition) is 4. The van der Waals surface area contributed by atoms with Gasteiger partial charge in [0, 0.05) is 43.2 Å². The molecule has 2 aromatic rings. The molecule has 0 aromatic carbocycles. The standard InChI is InChI=1S/C16H24N4S.ClH/c1-16(2)10-19(6-5-13(16)17)9-12-14(11-3-4-11)18-15-20(12)7-8-21-15;/h7-8,11,13H,3-6,9-10,17H2,1-2H3;1H. The molecule has 0 amide bonds. The number of likely N-dealkylation sites (tertiary alicyclic amines) is 1. The molecule has 1 saturated heterocycles. The van der Waals surface area contributed by atoms with Crippen molar-refractivity contribution >= 4 is 28.7 Å². The Morgan fingerprint density at radius 2 is 2.14 bits per heavy atom. The molecule has 4 rings (SSSR count). The van der Waals surface area contributed by atoms with Gasteiger partial charge >= 0.3 is 0 Å². The van der Waals surface area contributed by atoms with Crippen molar-refractivity contribution < 1.29 is 0 Å². The summed E-state index contributed by atoms with van der Waals surface area (Å²) in [5, 5.41) is 2.14. The maximum absolute atomic E-state index is 6.27. The Labute approximate surface area is 142 Å². The maximum atomic E-state index is 6.27. The normalized spacial score (nSPS) is 25.3. The summed E-state index contributed by atoms with van der Waals surface area (Å²) in [6.07, 6.45) is 5.90. The van der Waals surface area contributed by atoms with Crippen LogP contribution in [0.15, 0.2) is 11.6 Å².